The van der Waals surface area contributed by atoms with E-state index < -0.39 is 58.4 Å². The van der Waals surface area contributed by atoms with Crippen LogP contribution in [0.4, 0.5) is 34.1 Å². The normalized spacial score (nSPS) is 11.9. The standard InChI is InChI=1S/C40H37N9O11S2.CH4O3S.O3S/c1-23-18-32(35(59-14-8-16-61(53,54)55)20-30(23)44-43-28-11-5-4-10-26(28)40(51)52)46-45-31-21-36(60-15-9-17-62(56,57)58)33(19-24(31)2)47-48-37-25(3)27(22-41)38-42-29-12-6-7-13-34(29)49(38)39(37)50;1-5(2,3)4;1-4(2)3/h4-7,10-13,18-21,50H,8-9,14-17H2,1-3H3,(H,51,52)(H,53,54,55)(H,56,57,58);1H3,(H,2,3,4);. The zero-order chi connectivity index (χ0) is 52.8. The maximum Gasteiger partial charge on any atom is 0.425 e. The van der Waals surface area contributed by atoms with Crippen molar-refractivity contribution in [1.29, 1.82) is 5.26 Å². The molecule has 5 N–H and O–H groups in total. The highest BCUT2D eigenvalue weighted by Crippen LogP contribution is 2.42. The monoisotopic (exact) mass is 1060 g/mol. The summed E-state index contributed by atoms with van der Waals surface area (Å²) in [7, 11) is -15.3. The minimum Gasteiger partial charge on any atom is -0.493 e. The molecule has 376 valence electrons. The number of hydrogen-bond donors (Lipinski definition) is 5. The molecule has 0 amide bonds. The average molecular weight is 1060 g/mol. The number of aromatic nitrogens is 2. The Balaban J connectivity index is 0.00000112. The molecule has 2 aromatic heterocycles. The van der Waals surface area contributed by atoms with E-state index in [0.717, 1.165) is 0 Å². The minimum absolute atomic E-state index is 0.0236. The van der Waals surface area contributed by atoms with Crippen LogP contribution in [0.25, 0.3) is 16.7 Å². The van der Waals surface area contributed by atoms with Crippen LogP contribution in [0.1, 0.15) is 45.5 Å². The van der Waals surface area contributed by atoms with Gasteiger partial charge < -0.3 is 19.7 Å². The number of fused-ring (bicyclic) bond motifs is 3. The fraction of sp³-hybridized carbons (Fsp3) is 0.244. The van der Waals surface area contributed by atoms with Gasteiger partial charge in [0.2, 0.25) is 5.88 Å². The number of carboxylic acid groups (broad SMARTS) is 1. The Morgan fingerprint density at radius 1 is 0.704 bits per heavy atom. The van der Waals surface area contributed by atoms with Gasteiger partial charge in [-0.1, -0.05) is 24.3 Å². The number of azo groups is 3. The van der Waals surface area contributed by atoms with Gasteiger partial charge in [-0.15, -0.1) is 33.1 Å². The average Bonchev–Trinajstić information content (AvgIpc) is 3.65. The number of pyridine rings is 1. The molecule has 0 fully saturated rings. The first-order chi connectivity index (χ1) is 33.2. The summed E-state index contributed by atoms with van der Waals surface area (Å²) < 4.78 is 128. The van der Waals surface area contributed by atoms with Crippen LogP contribution in [0, 0.1) is 32.1 Å². The van der Waals surface area contributed by atoms with Crippen molar-refractivity contribution in [2.45, 2.75) is 33.6 Å². The first kappa shape index (κ1) is 55.9. The third-order valence-corrected chi connectivity index (χ3v) is 10.7. The summed E-state index contributed by atoms with van der Waals surface area (Å²) in [6, 6.07) is 21.2. The summed E-state index contributed by atoms with van der Waals surface area (Å²) in [6.07, 6.45) is 0.535. The van der Waals surface area contributed by atoms with E-state index in [2.05, 4.69) is 41.7 Å². The van der Waals surface area contributed by atoms with Crippen LogP contribution in [0.3, 0.4) is 0 Å². The molecule has 26 nitrogen and oxygen atoms in total. The molecule has 4 aromatic carbocycles. The van der Waals surface area contributed by atoms with Gasteiger partial charge in [0.1, 0.15) is 40.2 Å². The smallest absolute Gasteiger partial charge is 0.425 e. The lowest BCUT2D eigenvalue weighted by Gasteiger charge is -2.12. The molecule has 0 atom stereocenters. The van der Waals surface area contributed by atoms with Gasteiger partial charge >= 0.3 is 16.6 Å². The molecule has 0 aliphatic heterocycles. The molecule has 0 unspecified atom stereocenters. The van der Waals surface area contributed by atoms with Crippen molar-refractivity contribution in [3.8, 4) is 23.4 Å². The number of carbonyl (C=O) groups is 1. The van der Waals surface area contributed by atoms with Crippen LogP contribution >= 0.6 is 0 Å². The summed E-state index contributed by atoms with van der Waals surface area (Å²) in [5.74, 6) is -2.52. The van der Waals surface area contributed by atoms with Crippen LogP contribution < -0.4 is 9.47 Å². The SMILES string of the molecule is CS(=O)(=O)O.Cc1cc(N=Nc2c(C)c(C#N)c3nc4ccccc4n3c2O)c(OCCCS(=O)(=O)O)cc1N=Nc1cc(C)c(N=Nc2ccccc2C(=O)O)cc1OCCCS(=O)(=O)O.O=S(=O)=O. The Morgan fingerprint density at radius 3 is 1.62 bits per heavy atom. The number of aromatic hydroxyl groups is 1. The van der Waals surface area contributed by atoms with E-state index in [-0.39, 0.29) is 94.3 Å². The van der Waals surface area contributed by atoms with Gasteiger partial charge in [0, 0.05) is 17.7 Å². The van der Waals surface area contributed by atoms with E-state index in [0.29, 0.717) is 34.0 Å². The number of aryl methyl sites for hydroxylation is 2. The van der Waals surface area contributed by atoms with Gasteiger partial charge in [-0.2, -0.15) is 40.7 Å². The topological polar surface area (TPSA) is 406 Å². The van der Waals surface area contributed by atoms with E-state index in [1.807, 2.05) is 0 Å². The van der Waals surface area contributed by atoms with Crippen molar-refractivity contribution in [2.24, 2.45) is 30.7 Å². The predicted octanol–water partition coefficient (Wildman–Crippen LogP) is 7.75. The summed E-state index contributed by atoms with van der Waals surface area (Å²) >= 11 is 0. The number of nitrogens with zero attached hydrogens (tertiary/aromatic N) is 9. The molecule has 71 heavy (non-hydrogen) atoms. The molecule has 0 spiro atoms. The highest BCUT2D eigenvalue weighted by atomic mass is 32.2. The predicted molar refractivity (Wildman–Crippen MR) is 252 cm³/mol. The Hall–Kier alpha value is -7.66. The lowest BCUT2D eigenvalue weighted by atomic mass is 10.1. The molecular formula is C41H41N9O17S4. The van der Waals surface area contributed by atoms with Gasteiger partial charge in [0.15, 0.2) is 11.3 Å². The van der Waals surface area contributed by atoms with Crippen LogP contribution in [0.2, 0.25) is 0 Å². The number of para-hydroxylation sites is 2. The van der Waals surface area contributed by atoms with Crippen molar-refractivity contribution in [1.82, 2.24) is 9.38 Å². The molecule has 0 saturated heterocycles. The van der Waals surface area contributed by atoms with Gasteiger partial charge in [-0.25, -0.2) is 9.78 Å². The van der Waals surface area contributed by atoms with E-state index >= 15 is 0 Å². The van der Waals surface area contributed by atoms with Gasteiger partial charge in [-0.05, 0) is 81.1 Å². The second kappa shape index (κ2) is 24.3. The van der Waals surface area contributed by atoms with E-state index in [1.54, 1.807) is 69.3 Å². The number of imidazole rings is 1. The third kappa shape index (κ3) is 17.1. The highest BCUT2D eigenvalue weighted by Gasteiger charge is 2.21. The van der Waals surface area contributed by atoms with Crippen molar-refractivity contribution < 1.29 is 76.0 Å². The molecule has 0 aliphatic carbocycles. The molecule has 0 bridgehead atoms. The summed E-state index contributed by atoms with van der Waals surface area (Å²) in [4.78, 5) is 16.2. The van der Waals surface area contributed by atoms with E-state index in [4.69, 9.17) is 26.7 Å². The summed E-state index contributed by atoms with van der Waals surface area (Å²) in [5.41, 5.74) is 3.60. The Bertz CT molecular complexity index is 3580. The maximum absolute atomic E-state index is 11.7. The van der Waals surface area contributed by atoms with Gasteiger partial charge in [0.25, 0.3) is 30.4 Å². The fourth-order valence-electron chi connectivity index (χ4n) is 6.06. The lowest BCUT2D eigenvalue weighted by molar-refractivity contribution is 0.0697. The molecule has 6 rings (SSSR count). The molecule has 0 saturated carbocycles. The molecule has 0 radical (unpaired) electrons. The van der Waals surface area contributed by atoms with E-state index in [1.165, 1.54) is 28.7 Å². The Labute approximate surface area is 406 Å². The highest BCUT2D eigenvalue weighted by molar-refractivity contribution is 7.86. The third-order valence-electron chi connectivity index (χ3n) is 9.14. The van der Waals surface area contributed by atoms with Crippen LogP contribution in [-0.2, 0) is 41.0 Å². The number of hydrogen-bond acceptors (Lipinski definition) is 21. The molecular weight excluding hydrogens is 1020 g/mol. The van der Waals surface area contributed by atoms with Crippen LogP contribution in [-0.4, -0.2) is 108 Å². The van der Waals surface area contributed by atoms with E-state index in [9.17, 15) is 54.6 Å². The van der Waals surface area contributed by atoms with Gasteiger partial charge in [0.05, 0.1) is 58.9 Å². The Kier molecular flexibility index (Phi) is 19.1. The number of nitriles is 1. The number of benzene rings is 4. The Morgan fingerprint density at radius 2 is 1.14 bits per heavy atom. The first-order valence-corrected chi connectivity index (χ1v) is 26.0. The maximum atomic E-state index is 11.7. The quantitative estimate of drug-likeness (QED) is 0.0331. The van der Waals surface area contributed by atoms with Gasteiger partial charge in [-0.3, -0.25) is 18.1 Å². The van der Waals surface area contributed by atoms with Crippen molar-refractivity contribution in [2.75, 3.05) is 31.0 Å². The summed E-state index contributed by atoms with van der Waals surface area (Å²) in [5, 5.41) is 56.9. The van der Waals surface area contributed by atoms with Crippen molar-refractivity contribution in [3.05, 3.63) is 101 Å². The number of carboxylic acids is 1. The van der Waals surface area contributed by atoms with Crippen molar-refractivity contribution >= 4 is 97.7 Å². The molecule has 30 heteroatoms. The zero-order valence-corrected chi connectivity index (χ0v) is 40.7. The summed E-state index contributed by atoms with van der Waals surface area (Å²) in [6.45, 7) is 4.61. The minimum atomic E-state index is -4.29. The fourth-order valence-corrected chi connectivity index (χ4v) is 7.02. The lowest BCUT2D eigenvalue weighted by Crippen LogP contribution is -2.08. The molecule has 2 heterocycles. The largest absolute Gasteiger partial charge is 0.493 e. The van der Waals surface area contributed by atoms with Crippen molar-refractivity contribution in [3.63, 3.8) is 0 Å². The van der Waals surface area contributed by atoms with Crippen LogP contribution in [0.15, 0.2) is 103 Å². The number of ether oxygens (including phenoxy) is 2. The molecule has 0 aliphatic rings. The zero-order valence-electron chi connectivity index (χ0n) is 37.5. The van der Waals surface area contributed by atoms with Crippen LogP contribution in [0.5, 0.6) is 17.4 Å². The molecule has 6 aromatic rings. The first-order valence-electron chi connectivity index (χ1n) is 19.9. The second-order valence-corrected chi connectivity index (χ2v) is 19.6. The number of rotatable bonds is 17. The second-order valence-electron chi connectivity index (χ2n) is 14.6. The number of aromatic carboxylic acids is 1.